The van der Waals surface area contributed by atoms with Gasteiger partial charge in [0.2, 0.25) is 0 Å². The number of fused-ring (bicyclic) bond motifs is 1. The van der Waals surface area contributed by atoms with Gasteiger partial charge in [-0.25, -0.2) is 9.97 Å². The van der Waals surface area contributed by atoms with Crippen LogP contribution in [0.4, 0.5) is 11.4 Å². The van der Waals surface area contributed by atoms with E-state index in [9.17, 15) is 20.2 Å². The summed E-state index contributed by atoms with van der Waals surface area (Å²) < 4.78 is 0. The lowest BCUT2D eigenvalue weighted by Crippen LogP contribution is -1.99. The van der Waals surface area contributed by atoms with Gasteiger partial charge in [0.25, 0.3) is 5.69 Å². The molecule has 0 atom stereocenters. The van der Waals surface area contributed by atoms with Crippen molar-refractivity contribution in [1.82, 2.24) is 9.97 Å². The summed E-state index contributed by atoms with van der Waals surface area (Å²) in [6, 6.07) is 10.8. The Labute approximate surface area is 133 Å². The van der Waals surface area contributed by atoms with E-state index in [1.807, 2.05) is 0 Å². The number of non-ortho nitro benzene ring substituents is 2. The van der Waals surface area contributed by atoms with Crippen LogP contribution in [0.5, 0.6) is 0 Å². The zero-order chi connectivity index (χ0) is 16.6. The van der Waals surface area contributed by atoms with Crippen molar-refractivity contribution in [2.75, 3.05) is 0 Å². The molecule has 1 heterocycles. The third-order valence-electron chi connectivity index (χ3n) is 3.15. The minimum absolute atomic E-state index is 0.00409. The van der Waals surface area contributed by atoms with Crippen LogP contribution in [0.3, 0.4) is 0 Å². The van der Waals surface area contributed by atoms with Gasteiger partial charge in [-0.05, 0) is 0 Å². The Bertz CT molecular complexity index is 946. The topological polar surface area (TPSA) is 112 Å². The SMILES string of the molecule is O=[N+]([O-])c1cc([N+](=O)[O-])c2nc(-c3ccccc3)c(Cl)nc2c1. The highest BCUT2D eigenvalue weighted by Crippen LogP contribution is 2.33. The van der Waals surface area contributed by atoms with Crippen molar-refractivity contribution in [3.8, 4) is 11.3 Å². The van der Waals surface area contributed by atoms with E-state index in [0.29, 0.717) is 5.56 Å². The van der Waals surface area contributed by atoms with Gasteiger partial charge in [0, 0.05) is 11.6 Å². The maximum absolute atomic E-state index is 11.2. The van der Waals surface area contributed by atoms with Crippen molar-refractivity contribution in [1.29, 1.82) is 0 Å². The zero-order valence-corrected chi connectivity index (χ0v) is 12.1. The van der Waals surface area contributed by atoms with Crippen molar-refractivity contribution in [2.45, 2.75) is 0 Å². The van der Waals surface area contributed by atoms with Crippen molar-refractivity contribution in [3.05, 3.63) is 67.8 Å². The molecule has 1 aromatic heterocycles. The van der Waals surface area contributed by atoms with E-state index in [2.05, 4.69) is 9.97 Å². The molecule has 0 amide bonds. The maximum Gasteiger partial charge on any atom is 0.303 e. The molecule has 0 spiro atoms. The highest BCUT2D eigenvalue weighted by molar-refractivity contribution is 6.32. The Morgan fingerprint density at radius 2 is 1.65 bits per heavy atom. The first-order valence-corrected chi connectivity index (χ1v) is 6.70. The third-order valence-corrected chi connectivity index (χ3v) is 3.41. The average Bonchev–Trinajstić information content (AvgIpc) is 2.53. The van der Waals surface area contributed by atoms with Gasteiger partial charge in [-0.2, -0.15) is 0 Å². The molecule has 114 valence electrons. The smallest absolute Gasteiger partial charge is 0.258 e. The molecule has 0 aliphatic heterocycles. The Balaban J connectivity index is 2.35. The summed E-state index contributed by atoms with van der Waals surface area (Å²) in [5.41, 5.74) is -0.0757. The second-order valence-electron chi connectivity index (χ2n) is 4.58. The highest BCUT2D eigenvalue weighted by atomic mass is 35.5. The lowest BCUT2D eigenvalue weighted by atomic mass is 10.1. The normalized spacial score (nSPS) is 10.7. The van der Waals surface area contributed by atoms with Crippen LogP contribution in [0.1, 0.15) is 0 Å². The van der Waals surface area contributed by atoms with E-state index >= 15 is 0 Å². The highest BCUT2D eigenvalue weighted by Gasteiger charge is 2.23. The third kappa shape index (κ3) is 2.67. The van der Waals surface area contributed by atoms with Gasteiger partial charge in [0.15, 0.2) is 10.7 Å². The molecule has 0 N–H and O–H groups in total. The van der Waals surface area contributed by atoms with Gasteiger partial charge >= 0.3 is 5.69 Å². The molecular formula is C14H7ClN4O4. The fourth-order valence-electron chi connectivity index (χ4n) is 2.13. The minimum atomic E-state index is -0.729. The quantitative estimate of drug-likeness (QED) is 0.533. The second-order valence-corrected chi connectivity index (χ2v) is 4.93. The summed E-state index contributed by atoms with van der Waals surface area (Å²) >= 11 is 6.09. The van der Waals surface area contributed by atoms with Gasteiger partial charge in [-0.3, -0.25) is 20.2 Å². The van der Waals surface area contributed by atoms with Crippen LogP contribution in [-0.2, 0) is 0 Å². The first-order chi connectivity index (χ1) is 11.0. The minimum Gasteiger partial charge on any atom is -0.258 e. The fourth-order valence-corrected chi connectivity index (χ4v) is 2.37. The molecule has 0 radical (unpaired) electrons. The van der Waals surface area contributed by atoms with E-state index in [0.717, 1.165) is 12.1 Å². The van der Waals surface area contributed by atoms with Gasteiger partial charge in [0.1, 0.15) is 11.2 Å². The van der Waals surface area contributed by atoms with E-state index in [1.165, 1.54) is 0 Å². The molecule has 23 heavy (non-hydrogen) atoms. The Hall–Kier alpha value is -3.13. The Kier molecular flexibility index (Phi) is 3.59. The molecule has 0 aliphatic carbocycles. The summed E-state index contributed by atoms with van der Waals surface area (Å²) in [5.74, 6) is 0. The van der Waals surface area contributed by atoms with Crippen LogP contribution in [0.25, 0.3) is 22.3 Å². The Morgan fingerprint density at radius 3 is 2.26 bits per heavy atom. The van der Waals surface area contributed by atoms with Crippen LogP contribution < -0.4 is 0 Å². The molecule has 0 saturated heterocycles. The molecule has 2 aromatic carbocycles. The largest absolute Gasteiger partial charge is 0.303 e. The van der Waals surface area contributed by atoms with Gasteiger partial charge in [-0.15, -0.1) is 0 Å². The van der Waals surface area contributed by atoms with Gasteiger partial charge < -0.3 is 0 Å². The van der Waals surface area contributed by atoms with Crippen molar-refractivity contribution < 1.29 is 9.85 Å². The number of halogens is 1. The van der Waals surface area contributed by atoms with Gasteiger partial charge in [-0.1, -0.05) is 41.9 Å². The molecule has 3 aromatic rings. The molecule has 0 bridgehead atoms. The van der Waals surface area contributed by atoms with Gasteiger partial charge in [0.05, 0.1) is 15.9 Å². The Morgan fingerprint density at radius 1 is 0.957 bits per heavy atom. The number of benzene rings is 2. The predicted octanol–water partition coefficient (Wildman–Crippen LogP) is 3.77. The van der Waals surface area contributed by atoms with E-state index in [-0.39, 0.29) is 21.9 Å². The number of hydrogen-bond donors (Lipinski definition) is 0. The molecule has 3 rings (SSSR count). The molecular weight excluding hydrogens is 324 g/mol. The summed E-state index contributed by atoms with van der Waals surface area (Å²) in [7, 11) is 0. The number of nitro benzene ring substituents is 2. The molecule has 0 saturated carbocycles. The summed E-state index contributed by atoms with van der Waals surface area (Å²) in [5, 5.41) is 22.1. The second kappa shape index (κ2) is 5.58. The molecule has 0 unspecified atom stereocenters. The van der Waals surface area contributed by atoms with E-state index < -0.39 is 21.2 Å². The average molecular weight is 331 g/mol. The molecule has 8 nitrogen and oxygen atoms in total. The van der Waals surface area contributed by atoms with E-state index in [4.69, 9.17) is 11.6 Å². The fraction of sp³-hybridized carbons (Fsp3) is 0. The predicted molar refractivity (Wildman–Crippen MR) is 83.3 cm³/mol. The number of rotatable bonds is 3. The monoisotopic (exact) mass is 330 g/mol. The number of aromatic nitrogens is 2. The van der Waals surface area contributed by atoms with Crippen molar-refractivity contribution >= 4 is 34.0 Å². The first kappa shape index (κ1) is 14.8. The standard InChI is InChI=1S/C14H7ClN4O4/c15-14-12(8-4-2-1-3-5-8)17-13-10(16-14)6-9(18(20)21)7-11(13)19(22)23/h1-7H. The summed E-state index contributed by atoms with van der Waals surface area (Å²) in [6.45, 7) is 0. The molecule has 0 aliphatic rings. The lowest BCUT2D eigenvalue weighted by molar-refractivity contribution is -0.393. The summed E-state index contributed by atoms with van der Waals surface area (Å²) in [4.78, 5) is 28.9. The lowest BCUT2D eigenvalue weighted by Gasteiger charge is -2.06. The molecule has 0 fully saturated rings. The van der Waals surface area contributed by atoms with Crippen LogP contribution in [-0.4, -0.2) is 19.8 Å². The van der Waals surface area contributed by atoms with Crippen LogP contribution in [0, 0.1) is 20.2 Å². The first-order valence-electron chi connectivity index (χ1n) is 6.33. The van der Waals surface area contributed by atoms with Crippen LogP contribution in [0.15, 0.2) is 42.5 Å². The molecule has 9 heteroatoms. The number of nitrogens with zero attached hydrogens (tertiary/aromatic N) is 4. The van der Waals surface area contributed by atoms with E-state index in [1.54, 1.807) is 30.3 Å². The van der Waals surface area contributed by atoms with Crippen LogP contribution >= 0.6 is 11.6 Å². The van der Waals surface area contributed by atoms with Crippen molar-refractivity contribution in [2.24, 2.45) is 0 Å². The number of nitro groups is 2. The number of hydrogen-bond acceptors (Lipinski definition) is 6. The van der Waals surface area contributed by atoms with Crippen molar-refractivity contribution in [3.63, 3.8) is 0 Å². The van der Waals surface area contributed by atoms with Crippen LogP contribution in [0.2, 0.25) is 5.15 Å². The maximum atomic E-state index is 11.2. The summed E-state index contributed by atoms with van der Waals surface area (Å²) in [6.07, 6.45) is 0. The zero-order valence-electron chi connectivity index (χ0n) is 11.3.